The molecule has 5 heteroatoms. The SMILES string of the molecule is CCc1[nH]nc(-c2ccccc2OC)c1NC(=O)[C@H](CC)c1ccccc1. The molecule has 3 aromatic rings. The van der Waals surface area contributed by atoms with E-state index in [1.807, 2.05) is 68.4 Å². The minimum absolute atomic E-state index is 0.0315. The molecule has 5 nitrogen and oxygen atoms in total. The number of aromatic nitrogens is 2. The van der Waals surface area contributed by atoms with Gasteiger partial charge >= 0.3 is 0 Å². The van der Waals surface area contributed by atoms with Crippen LogP contribution < -0.4 is 10.1 Å². The average Bonchev–Trinajstić information content (AvgIpc) is 3.11. The zero-order valence-corrected chi connectivity index (χ0v) is 16.0. The van der Waals surface area contributed by atoms with Gasteiger partial charge in [0.15, 0.2) is 0 Å². The fraction of sp³-hybridized carbons (Fsp3) is 0.273. The Morgan fingerprint density at radius 3 is 2.48 bits per heavy atom. The molecule has 0 bridgehead atoms. The number of anilines is 1. The maximum absolute atomic E-state index is 13.1. The number of methoxy groups -OCH3 is 1. The van der Waals surface area contributed by atoms with Gasteiger partial charge in [-0.15, -0.1) is 0 Å². The van der Waals surface area contributed by atoms with E-state index in [0.717, 1.165) is 41.1 Å². The molecule has 1 aromatic heterocycles. The van der Waals surface area contributed by atoms with Gasteiger partial charge in [-0.25, -0.2) is 0 Å². The minimum atomic E-state index is -0.212. The van der Waals surface area contributed by atoms with E-state index in [1.165, 1.54) is 0 Å². The van der Waals surface area contributed by atoms with Crippen molar-refractivity contribution in [3.05, 3.63) is 65.9 Å². The van der Waals surface area contributed by atoms with E-state index in [1.54, 1.807) is 7.11 Å². The van der Waals surface area contributed by atoms with E-state index in [4.69, 9.17) is 4.74 Å². The summed E-state index contributed by atoms with van der Waals surface area (Å²) in [5.41, 5.74) is 4.17. The Morgan fingerprint density at radius 2 is 1.81 bits per heavy atom. The molecule has 0 unspecified atom stereocenters. The molecular formula is C22H25N3O2. The number of carbonyl (C=O) groups excluding carboxylic acids is 1. The first-order valence-electron chi connectivity index (χ1n) is 9.26. The second-order valence-electron chi connectivity index (χ2n) is 6.34. The van der Waals surface area contributed by atoms with Crippen molar-refractivity contribution in [2.45, 2.75) is 32.6 Å². The highest BCUT2D eigenvalue weighted by Crippen LogP contribution is 2.36. The molecule has 0 aliphatic carbocycles. The lowest BCUT2D eigenvalue weighted by molar-refractivity contribution is -0.117. The highest BCUT2D eigenvalue weighted by Gasteiger charge is 2.23. The van der Waals surface area contributed by atoms with Crippen LogP contribution in [0, 0.1) is 0 Å². The molecule has 1 atom stereocenters. The van der Waals surface area contributed by atoms with Crippen LogP contribution in [0.3, 0.4) is 0 Å². The number of hydrogen-bond donors (Lipinski definition) is 2. The van der Waals surface area contributed by atoms with Gasteiger partial charge in [0, 0.05) is 5.56 Å². The van der Waals surface area contributed by atoms with Crippen LogP contribution in [0.1, 0.15) is 37.4 Å². The second-order valence-corrected chi connectivity index (χ2v) is 6.34. The number of ether oxygens (including phenoxy) is 1. The summed E-state index contributed by atoms with van der Waals surface area (Å²) in [7, 11) is 1.63. The van der Waals surface area contributed by atoms with Crippen molar-refractivity contribution in [3.8, 4) is 17.0 Å². The van der Waals surface area contributed by atoms with Gasteiger partial charge in [0.05, 0.1) is 24.4 Å². The van der Waals surface area contributed by atoms with E-state index in [-0.39, 0.29) is 11.8 Å². The molecule has 1 amide bonds. The minimum Gasteiger partial charge on any atom is -0.496 e. The maximum atomic E-state index is 13.1. The van der Waals surface area contributed by atoms with Crippen LogP contribution in [0.25, 0.3) is 11.3 Å². The number of aryl methyl sites for hydroxylation is 1. The van der Waals surface area contributed by atoms with Gasteiger partial charge in [-0.3, -0.25) is 9.89 Å². The smallest absolute Gasteiger partial charge is 0.232 e. The number of amides is 1. The molecule has 0 saturated carbocycles. The largest absolute Gasteiger partial charge is 0.496 e. The lowest BCUT2D eigenvalue weighted by Crippen LogP contribution is -2.21. The van der Waals surface area contributed by atoms with Crippen molar-refractivity contribution >= 4 is 11.6 Å². The van der Waals surface area contributed by atoms with Gasteiger partial charge in [-0.2, -0.15) is 5.10 Å². The summed E-state index contributed by atoms with van der Waals surface area (Å²) in [5.74, 6) is 0.476. The van der Waals surface area contributed by atoms with Gasteiger partial charge in [-0.05, 0) is 30.5 Å². The van der Waals surface area contributed by atoms with Crippen molar-refractivity contribution < 1.29 is 9.53 Å². The zero-order valence-electron chi connectivity index (χ0n) is 16.0. The molecule has 2 N–H and O–H groups in total. The Morgan fingerprint density at radius 1 is 1.11 bits per heavy atom. The third kappa shape index (κ3) is 3.87. The summed E-state index contributed by atoms with van der Waals surface area (Å²) >= 11 is 0. The Labute approximate surface area is 159 Å². The van der Waals surface area contributed by atoms with E-state index in [0.29, 0.717) is 5.69 Å². The Hall–Kier alpha value is -3.08. The second kappa shape index (κ2) is 8.54. The molecule has 2 aromatic carbocycles. The molecule has 27 heavy (non-hydrogen) atoms. The summed E-state index contributed by atoms with van der Waals surface area (Å²) < 4.78 is 5.47. The highest BCUT2D eigenvalue weighted by molar-refractivity contribution is 5.99. The van der Waals surface area contributed by atoms with Crippen LogP contribution in [-0.4, -0.2) is 23.2 Å². The number of aromatic amines is 1. The molecule has 0 aliphatic rings. The summed E-state index contributed by atoms with van der Waals surface area (Å²) in [6.45, 7) is 4.05. The summed E-state index contributed by atoms with van der Waals surface area (Å²) in [5, 5.41) is 10.6. The molecular weight excluding hydrogens is 338 g/mol. The van der Waals surface area contributed by atoms with Crippen molar-refractivity contribution in [3.63, 3.8) is 0 Å². The number of nitrogens with one attached hydrogen (secondary N) is 2. The standard InChI is InChI=1S/C22H25N3O2/c1-4-16(15-11-7-6-8-12-15)22(26)23-21-18(5-2)24-25-20(21)17-13-9-10-14-19(17)27-3/h6-14,16H,4-5H2,1-3H3,(H,23,26)(H,24,25)/t16-/m1/s1. The monoisotopic (exact) mass is 363 g/mol. The van der Waals surface area contributed by atoms with Crippen molar-refractivity contribution in [2.75, 3.05) is 12.4 Å². The maximum Gasteiger partial charge on any atom is 0.232 e. The molecule has 0 saturated heterocycles. The van der Waals surface area contributed by atoms with Gasteiger partial charge in [0.1, 0.15) is 11.4 Å². The number of nitrogens with zero attached hydrogens (tertiary/aromatic N) is 1. The Balaban J connectivity index is 1.97. The first-order chi connectivity index (χ1) is 13.2. The van der Waals surface area contributed by atoms with Crippen molar-refractivity contribution in [1.82, 2.24) is 10.2 Å². The number of H-pyrrole nitrogens is 1. The normalized spacial score (nSPS) is 11.8. The van der Waals surface area contributed by atoms with E-state index < -0.39 is 0 Å². The lowest BCUT2D eigenvalue weighted by Gasteiger charge is -2.16. The summed E-state index contributed by atoms with van der Waals surface area (Å²) in [6, 6.07) is 17.5. The number of rotatable bonds is 7. The van der Waals surface area contributed by atoms with Gasteiger partial charge in [0.25, 0.3) is 0 Å². The predicted molar refractivity (Wildman–Crippen MR) is 108 cm³/mol. The molecule has 0 radical (unpaired) electrons. The van der Waals surface area contributed by atoms with E-state index in [9.17, 15) is 4.79 Å². The lowest BCUT2D eigenvalue weighted by atomic mass is 9.95. The van der Waals surface area contributed by atoms with Gasteiger partial charge < -0.3 is 10.1 Å². The number of benzene rings is 2. The summed E-state index contributed by atoms with van der Waals surface area (Å²) in [4.78, 5) is 13.1. The first kappa shape index (κ1) is 18.7. The summed E-state index contributed by atoms with van der Waals surface area (Å²) in [6.07, 6.45) is 1.46. The third-order valence-electron chi connectivity index (χ3n) is 4.73. The van der Waals surface area contributed by atoms with Crippen molar-refractivity contribution in [2.24, 2.45) is 0 Å². The van der Waals surface area contributed by atoms with E-state index >= 15 is 0 Å². The van der Waals surface area contributed by atoms with Gasteiger partial charge in [-0.1, -0.05) is 56.3 Å². The van der Waals surface area contributed by atoms with Crippen LogP contribution in [0.4, 0.5) is 5.69 Å². The fourth-order valence-electron chi connectivity index (χ4n) is 3.27. The fourth-order valence-corrected chi connectivity index (χ4v) is 3.27. The Kier molecular flexibility index (Phi) is 5.91. The number of hydrogen-bond acceptors (Lipinski definition) is 3. The third-order valence-corrected chi connectivity index (χ3v) is 4.73. The molecule has 3 rings (SSSR count). The number of para-hydroxylation sites is 1. The van der Waals surface area contributed by atoms with E-state index in [2.05, 4.69) is 15.5 Å². The van der Waals surface area contributed by atoms with Gasteiger partial charge in [0.2, 0.25) is 5.91 Å². The van der Waals surface area contributed by atoms with Crippen LogP contribution in [0.2, 0.25) is 0 Å². The number of carbonyl (C=O) groups is 1. The molecule has 140 valence electrons. The van der Waals surface area contributed by atoms with Crippen LogP contribution in [0.5, 0.6) is 5.75 Å². The quantitative estimate of drug-likeness (QED) is 0.635. The molecule has 0 fully saturated rings. The average molecular weight is 363 g/mol. The first-order valence-corrected chi connectivity index (χ1v) is 9.26. The van der Waals surface area contributed by atoms with Crippen LogP contribution in [0.15, 0.2) is 54.6 Å². The molecule has 0 aliphatic heterocycles. The van der Waals surface area contributed by atoms with Crippen LogP contribution >= 0.6 is 0 Å². The Bertz CT molecular complexity index is 903. The molecule has 1 heterocycles. The highest BCUT2D eigenvalue weighted by atomic mass is 16.5. The topological polar surface area (TPSA) is 67.0 Å². The predicted octanol–water partition coefficient (Wildman–Crippen LogP) is 4.78. The van der Waals surface area contributed by atoms with Crippen molar-refractivity contribution in [1.29, 1.82) is 0 Å². The van der Waals surface area contributed by atoms with Crippen LogP contribution in [-0.2, 0) is 11.2 Å². The zero-order chi connectivity index (χ0) is 19.2. The molecule has 0 spiro atoms.